The van der Waals surface area contributed by atoms with Crippen LogP contribution in [-0.2, 0) is 48.1 Å². The highest BCUT2D eigenvalue weighted by Gasteiger charge is 2.43. The topological polar surface area (TPSA) is 207 Å². The molecule has 4 aliphatic heterocycles. The molecule has 0 fully saturated rings. The van der Waals surface area contributed by atoms with Gasteiger partial charge in [-0.1, -0.05) is 294 Å². The first-order chi connectivity index (χ1) is 66.9. The van der Waals surface area contributed by atoms with Gasteiger partial charge in [-0.3, -0.25) is 34.2 Å². The largest absolute Gasteiger partial charge is 0.457 e. The summed E-state index contributed by atoms with van der Waals surface area (Å²) in [6.07, 6.45) is 8.28. The Bertz CT molecular complexity index is 7810. The molecule has 13 aromatic carbocycles. The predicted molar refractivity (Wildman–Crippen MR) is 580 cm³/mol. The van der Waals surface area contributed by atoms with Gasteiger partial charge in [0.15, 0.2) is 0 Å². The summed E-state index contributed by atoms with van der Waals surface area (Å²) in [6, 6.07) is 78.6. The molecule has 16 nitrogen and oxygen atoms in total. The highest BCUT2D eigenvalue weighted by atomic mass is 16.5. The van der Waals surface area contributed by atoms with Crippen LogP contribution in [0.15, 0.2) is 237 Å². The first kappa shape index (κ1) is 94.3. The average molecular weight is 1880 g/mol. The number of carbonyl (C=O) groups excluding carboxylic acids is 5. The maximum atomic E-state index is 17.0. The van der Waals surface area contributed by atoms with Crippen LogP contribution in [0.1, 0.15) is 275 Å². The number of carbonyl (C=O) groups is 5. The number of rotatable bonds is 15. The molecule has 0 spiro atoms. The van der Waals surface area contributed by atoms with Gasteiger partial charge in [-0.05, 0) is 244 Å². The van der Waals surface area contributed by atoms with E-state index in [0.717, 1.165) is 133 Å². The maximum Gasteiger partial charge on any atom is 0.262 e. The molecule has 142 heavy (non-hydrogen) atoms. The zero-order chi connectivity index (χ0) is 101. The Balaban J connectivity index is 0.817. The molecule has 20 rings (SSSR count). The zero-order valence-corrected chi connectivity index (χ0v) is 85.5. The number of hydrogen-bond acceptors (Lipinski definition) is 11. The minimum Gasteiger partial charge on any atom is -0.457 e. The molecule has 0 unspecified atom stereocenters. The summed E-state index contributed by atoms with van der Waals surface area (Å²) >= 11 is 0. The standard InChI is InChI=1S/C126H121N7O9/c1-119(2,3)73-52-74(120(4,5)6)57-82(56-73)139-98-64-86-107-87(116(136)132-115(86)135)65-99(140-83-58-75(121(7,8)9)53-76(59-83)122(10,11)12)110-112-101(142-85-62-79(125(19,20)21)55-80(63-85)126(22,23)24)67-89-108-88(66-100(111(114(108)112)109(98)113(107)110)141-84-60-77(123(13,14)15)54-78(61-84)124(16,17)18)117(137)133(118(89)138)68-102(134)127-81-42-40-72(41-43-81)106-96-50-48-94(130-96)104(70-36-30-26-31-37-70)92-46-44-90(128-92)103(69-34-28-25-29-35-69)91-45-47-93(129-91)105(71-38-32-27-33-39-71)95-49-51-97(106)131-95/h25-67,128,131H,68H2,1-24H3,(H,127,134)(H,132,135,136). The average Bonchev–Trinajstić information content (AvgIpc) is 0.718. The van der Waals surface area contributed by atoms with E-state index in [-0.39, 0.29) is 72.3 Å². The van der Waals surface area contributed by atoms with Crippen molar-refractivity contribution in [3.05, 3.63) is 326 Å². The van der Waals surface area contributed by atoms with Gasteiger partial charge in [0.1, 0.15) is 52.5 Å². The Morgan fingerprint density at radius 3 is 0.775 bits per heavy atom. The van der Waals surface area contributed by atoms with Gasteiger partial charge in [0.2, 0.25) is 5.91 Å². The van der Waals surface area contributed by atoms with Crippen LogP contribution in [0.5, 0.6) is 46.0 Å². The molecule has 0 atom stereocenters. The van der Waals surface area contributed by atoms with Gasteiger partial charge in [0.25, 0.3) is 23.6 Å². The quantitative estimate of drug-likeness (QED) is 0.0431. The number of nitrogens with one attached hydrogen (secondary N) is 4. The van der Waals surface area contributed by atoms with Crippen LogP contribution < -0.4 is 29.6 Å². The van der Waals surface area contributed by atoms with E-state index in [2.05, 4.69) is 290 Å². The summed E-state index contributed by atoms with van der Waals surface area (Å²) in [7, 11) is 0. The first-order valence-electron chi connectivity index (χ1n) is 49.1. The summed E-state index contributed by atoms with van der Waals surface area (Å²) < 4.78 is 31.1. The summed E-state index contributed by atoms with van der Waals surface area (Å²) in [4.78, 5) is 101. The smallest absolute Gasteiger partial charge is 0.262 e. The number of imide groups is 2. The van der Waals surface area contributed by atoms with Gasteiger partial charge in [-0.2, -0.15) is 0 Å². The predicted octanol–water partition coefficient (Wildman–Crippen LogP) is 32.0. The lowest BCUT2D eigenvalue weighted by Crippen LogP contribution is -2.44. The fourth-order valence-electron chi connectivity index (χ4n) is 19.9. The van der Waals surface area contributed by atoms with Crippen LogP contribution in [-0.4, -0.2) is 60.9 Å². The normalized spacial score (nSPS) is 13.7. The number of benzene rings is 13. The number of ether oxygens (including phenoxy) is 4. The van der Waals surface area contributed by atoms with Crippen LogP contribution in [0, 0.1) is 0 Å². The molecule has 5 amide bonds. The molecule has 7 heterocycles. The van der Waals surface area contributed by atoms with Crippen molar-refractivity contribution < 1.29 is 42.9 Å². The summed E-state index contributed by atoms with van der Waals surface area (Å²) in [5.41, 5.74) is 18.9. The summed E-state index contributed by atoms with van der Waals surface area (Å²) in [5, 5.41) is 8.55. The molecule has 16 heteroatoms. The van der Waals surface area contributed by atoms with Gasteiger partial charge < -0.3 is 34.2 Å². The van der Waals surface area contributed by atoms with E-state index >= 15 is 24.0 Å². The van der Waals surface area contributed by atoms with E-state index < -0.39 is 57.7 Å². The summed E-state index contributed by atoms with van der Waals surface area (Å²) in [5.74, 6) is -1.13. The zero-order valence-electron chi connectivity index (χ0n) is 85.5. The molecular formula is C126H121N7O9. The van der Waals surface area contributed by atoms with Gasteiger partial charge in [-0.15, -0.1) is 0 Å². The van der Waals surface area contributed by atoms with E-state index in [1.807, 2.05) is 133 Å². The number of H-pyrrole nitrogens is 2. The molecule has 4 aliphatic rings. The summed E-state index contributed by atoms with van der Waals surface area (Å²) in [6.45, 7) is 51.0. The number of fused-ring (bicyclic) bond motifs is 10. The Labute approximate surface area is 830 Å². The van der Waals surface area contributed by atoms with Gasteiger partial charge >= 0.3 is 0 Å². The third-order valence-electron chi connectivity index (χ3n) is 28.0. The number of aromatic amines is 2. The second-order valence-electron chi connectivity index (χ2n) is 46.8. The van der Waals surface area contributed by atoms with Crippen LogP contribution >= 0.6 is 0 Å². The van der Waals surface area contributed by atoms with Crippen molar-refractivity contribution in [2.45, 2.75) is 209 Å². The lowest BCUT2D eigenvalue weighted by molar-refractivity contribution is -0.116. The Kier molecular flexibility index (Phi) is 22.6. The Morgan fingerprint density at radius 1 is 0.282 bits per heavy atom. The lowest BCUT2D eigenvalue weighted by Gasteiger charge is -2.32. The van der Waals surface area contributed by atoms with E-state index in [1.165, 1.54) is 0 Å². The molecule has 714 valence electrons. The van der Waals surface area contributed by atoms with E-state index in [0.29, 0.717) is 72.1 Å². The molecule has 8 bridgehead atoms. The Hall–Kier alpha value is -15.3. The lowest BCUT2D eigenvalue weighted by atomic mass is 9.80. The second-order valence-corrected chi connectivity index (χ2v) is 46.8. The SMILES string of the molecule is CC(C)(C)c1cc(Oc2cc3c4c(cc(Oc5cc(C(C)(C)C)cc(C(C)(C)C)c5)c5c6c(Oc7cc(C(C)(C)C)cc(C(C)(C)C)c7)cc7c8c(cc(Oc9cc(C(C)(C)C)cc(C(C)(C)C)c9)c(c2c45)c86)C(=O)N(CC(=O)Nc2ccc(-c4c5nc(c(-c6ccccc6)c6ccc([nH]6)c(-c6ccccc6)c6nc(c(-c8ccccc8)c8ccc4[nH]8)C=C6)C=C5)cc2)C7=O)C(=O)NC3=O)cc(C(C)(C)C)c1. The van der Waals surface area contributed by atoms with Crippen molar-refractivity contribution in [3.8, 4) is 90.5 Å². The van der Waals surface area contributed by atoms with Gasteiger partial charge in [0, 0.05) is 93.1 Å². The van der Waals surface area contributed by atoms with Crippen molar-refractivity contribution in [3.63, 3.8) is 0 Å². The molecule has 3 aromatic heterocycles. The molecule has 0 aliphatic carbocycles. The number of hydrogen-bond donors (Lipinski definition) is 4. The molecule has 4 N–H and O–H groups in total. The second kappa shape index (κ2) is 34.0. The van der Waals surface area contributed by atoms with Crippen molar-refractivity contribution in [1.29, 1.82) is 0 Å². The Morgan fingerprint density at radius 2 is 0.521 bits per heavy atom. The van der Waals surface area contributed by atoms with Crippen LogP contribution in [0.25, 0.3) is 134 Å². The first-order valence-corrected chi connectivity index (χ1v) is 49.1. The third-order valence-corrected chi connectivity index (χ3v) is 28.0. The fourth-order valence-corrected chi connectivity index (χ4v) is 19.9. The molecule has 0 saturated heterocycles. The van der Waals surface area contributed by atoms with E-state index in [1.54, 1.807) is 24.3 Å². The van der Waals surface area contributed by atoms with E-state index in [4.69, 9.17) is 28.9 Å². The van der Waals surface area contributed by atoms with Crippen molar-refractivity contribution in [2.75, 3.05) is 11.9 Å². The maximum absolute atomic E-state index is 17.0. The van der Waals surface area contributed by atoms with Crippen LogP contribution in [0.4, 0.5) is 5.69 Å². The van der Waals surface area contributed by atoms with Crippen molar-refractivity contribution in [2.24, 2.45) is 0 Å². The molecule has 16 aromatic rings. The minimum absolute atomic E-state index is 0.0316. The molecule has 0 saturated carbocycles. The number of anilines is 1. The van der Waals surface area contributed by atoms with Gasteiger partial charge in [-0.25, -0.2) is 9.97 Å². The van der Waals surface area contributed by atoms with Crippen molar-refractivity contribution >= 4 is 125 Å². The highest BCUT2D eigenvalue weighted by Crippen LogP contribution is 2.59. The van der Waals surface area contributed by atoms with Gasteiger partial charge in [0.05, 0.1) is 45.0 Å². The fraction of sp³-hybridized carbons (Fsp3) is 0.262. The van der Waals surface area contributed by atoms with Crippen molar-refractivity contribution in [1.82, 2.24) is 30.2 Å². The van der Waals surface area contributed by atoms with Crippen LogP contribution in [0.3, 0.4) is 0 Å². The monoisotopic (exact) mass is 1880 g/mol. The third kappa shape index (κ3) is 17.5. The van der Waals surface area contributed by atoms with E-state index in [9.17, 15) is 0 Å². The number of amides is 5. The van der Waals surface area contributed by atoms with Crippen LogP contribution in [0.2, 0.25) is 0 Å². The highest BCUT2D eigenvalue weighted by molar-refractivity contribution is 6.45. The molecular weight excluding hydrogens is 1760 g/mol. The minimum atomic E-state index is -0.788. The molecule has 0 radical (unpaired) electrons. The number of aromatic nitrogens is 4. The number of nitrogens with zero attached hydrogens (tertiary/aromatic N) is 3.